The van der Waals surface area contributed by atoms with Crippen molar-refractivity contribution in [2.24, 2.45) is 7.05 Å². The number of nitrogens with zero attached hydrogens (tertiary/aromatic N) is 3. The number of hydrogen-bond acceptors (Lipinski definition) is 4. The van der Waals surface area contributed by atoms with E-state index in [0.29, 0.717) is 28.7 Å². The third kappa shape index (κ3) is 2.28. The van der Waals surface area contributed by atoms with Crippen LogP contribution in [0.15, 0.2) is 20.7 Å². The van der Waals surface area contributed by atoms with E-state index in [-0.39, 0.29) is 0 Å². The molecule has 0 unspecified atom stereocenters. The minimum atomic E-state index is -0.492. The second-order valence-corrected chi connectivity index (χ2v) is 4.67. The van der Waals surface area contributed by atoms with Crippen molar-refractivity contribution in [3.05, 3.63) is 31.9 Å². The number of aromatic amines is 1. The van der Waals surface area contributed by atoms with Crippen LogP contribution < -0.4 is 16.6 Å². The Kier molecular flexibility index (Phi) is 3.48. The van der Waals surface area contributed by atoms with Gasteiger partial charge in [-0.1, -0.05) is 17.7 Å². The molecule has 0 aromatic carbocycles. The third-order valence-corrected chi connectivity index (χ3v) is 2.94. The topological polar surface area (TPSA) is 84.7 Å². The highest BCUT2D eigenvalue weighted by Gasteiger charge is 2.15. The molecule has 0 aliphatic rings. The molecule has 0 amide bonds. The maximum Gasteiger partial charge on any atom is 0.329 e. The minimum absolute atomic E-state index is 0.332. The first-order chi connectivity index (χ1) is 8.95. The zero-order valence-electron chi connectivity index (χ0n) is 10.8. The molecule has 0 spiro atoms. The van der Waals surface area contributed by atoms with Gasteiger partial charge in [-0.05, 0) is 6.92 Å². The number of aryl methyl sites for hydroxylation is 1. The molecule has 0 saturated carbocycles. The van der Waals surface area contributed by atoms with E-state index in [9.17, 15) is 9.59 Å². The SMILES string of the molecule is CNc1nc2c(c(=O)[nH]c(=O)n2C)n1C/C=C(/C)Cl. The van der Waals surface area contributed by atoms with Crippen molar-refractivity contribution in [1.82, 2.24) is 19.1 Å². The van der Waals surface area contributed by atoms with Gasteiger partial charge in [0.25, 0.3) is 5.56 Å². The Bertz CT molecular complexity index is 764. The molecule has 2 heterocycles. The molecule has 8 heteroatoms. The van der Waals surface area contributed by atoms with E-state index in [2.05, 4.69) is 15.3 Å². The summed E-state index contributed by atoms with van der Waals surface area (Å²) in [5.74, 6) is 0.496. The molecule has 7 nitrogen and oxygen atoms in total. The number of allylic oxidation sites excluding steroid dienone is 2. The van der Waals surface area contributed by atoms with E-state index >= 15 is 0 Å². The molecule has 0 aliphatic heterocycles. The van der Waals surface area contributed by atoms with Crippen molar-refractivity contribution in [3.63, 3.8) is 0 Å². The van der Waals surface area contributed by atoms with E-state index in [1.807, 2.05) is 0 Å². The number of halogens is 1. The van der Waals surface area contributed by atoms with Crippen LogP contribution in [0.5, 0.6) is 0 Å². The summed E-state index contributed by atoms with van der Waals surface area (Å²) in [5.41, 5.74) is -0.291. The highest BCUT2D eigenvalue weighted by Crippen LogP contribution is 2.15. The van der Waals surface area contributed by atoms with E-state index in [4.69, 9.17) is 11.6 Å². The number of fused-ring (bicyclic) bond motifs is 1. The summed E-state index contributed by atoms with van der Waals surface area (Å²) >= 11 is 5.80. The van der Waals surface area contributed by atoms with E-state index in [1.54, 1.807) is 31.7 Å². The van der Waals surface area contributed by atoms with Gasteiger partial charge in [-0.15, -0.1) is 0 Å². The van der Waals surface area contributed by atoms with E-state index < -0.39 is 11.2 Å². The van der Waals surface area contributed by atoms with Gasteiger partial charge in [0.2, 0.25) is 5.95 Å². The Morgan fingerprint density at radius 1 is 1.53 bits per heavy atom. The van der Waals surface area contributed by atoms with Gasteiger partial charge in [0.1, 0.15) is 0 Å². The van der Waals surface area contributed by atoms with Gasteiger partial charge in [-0.25, -0.2) is 4.79 Å². The summed E-state index contributed by atoms with van der Waals surface area (Å²) < 4.78 is 2.96. The van der Waals surface area contributed by atoms with Crippen molar-refractivity contribution in [3.8, 4) is 0 Å². The van der Waals surface area contributed by atoms with Crippen molar-refractivity contribution in [2.45, 2.75) is 13.5 Å². The summed E-state index contributed by atoms with van der Waals surface area (Å²) in [6.07, 6.45) is 1.76. The molecule has 0 atom stereocenters. The Hall–Kier alpha value is -2.02. The van der Waals surface area contributed by atoms with Gasteiger partial charge in [0, 0.05) is 25.7 Å². The Morgan fingerprint density at radius 3 is 2.79 bits per heavy atom. The highest BCUT2D eigenvalue weighted by atomic mass is 35.5. The molecule has 19 heavy (non-hydrogen) atoms. The zero-order valence-corrected chi connectivity index (χ0v) is 11.6. The maximum atomic E-state index is 11.9. The van der Waals surface area contributed by atoms with Gasteiger partial charge in [-0.2, -0.15) is 4.98 Å². The van der Waals surface area contributed by atoms with Crippen molar-refractivity contribution < 1.29 is 0 Å². The molecule has 0 saturated heterocycles. The lowest BCUT2D eigenvalue weighted by Gasteiger charge is -2.04. The lowest BCUT2D eigenvalue weighted by molar-refractivity contribution is 0.819. The highest BCUT2D eigenvalue weighted by molar-refractivity contribution is 6.29. The second-order valence-electron chi connectivity index (χ2n) is 4.08. The first-order valence-corrected chi connectivity index (χ1v) is 6.03. The number of imidazole rings is 1. The summed E-state index contributed by atoms with van der Waals surface area (Å²) in [5, 5.41) is 3.51. The van der Waals surface area contributed by atoms with Crippen LogP contribution >= 0.6 is 11.6 Å². The van der Waals surface area contributed by atoms with Crippen molar-refractivity contribution >= 4 is 28.7 Å². The first-order valence-electron chi connectivity index (χ1n) is 5.65. The molecule has 0 radical (unpaired) electrons. The molecule has 102 valence electrons. The lowest BCUT2D eigenvalue weighted by Crippen LogP contribution is -2.29. The molecule has 2 N–H and O–H groups in total. The van der Waals surface area contributed by atoms with Gasteiger partial charge >= 0.3 is 5.69 Å². The zero-order chi connectivity index (χ0) is 14.2. The van der Waals surface area contributed by atoms with E-state index in [0.717, 1.165) is 0 Å². The lowest BCUT2D eigenvalue weighted by atomic mass is 10.4. The van der Waals surface area contributed by atoms with E-state index in [1.165, 1.54) is 4.57 Å². The molecule has 2 aromatic rings. The molecule has 0 fully saturated rings. The van der Waals surface area contributed by atoms with Crippen molar-refractivity contribution in [2.75, 3.05) is 12.4 Å². The van der Waals surface area contributed by atoms with Gasteiger partial charge in [0.05, 0.1) is 0 Å². The van der Waals surface area contributed by atoms with Crippen LogP contribution in [0, 0.1) is 0 Å². The number of rotatable bonds is 3. The van der Waals surface area contributed by atoms with Gasteiger partial charge in [-0.3, -0.25) is 14.3 Å². The van der Waals surface area contributed by atoms with Crippen LogP contribution in [0.3, 0.4) is 0 Å². The molecule has 2 rings (SSSR count). The van der Waals surface area contributed by atoms with Crippen LogP contribution in [0.4, 0.5) is 5.95 Å². The number of hydrogen-bond donors (Lipinski definition) is 2. The maximum absolute atomic E-state index is 11.9. The van der Waals surface area contributed by atoms with Gasteiger partial charge < -0.3 is 9.88 Å². The van der Waals surface area contributed by atoms with Crippen LogP contribution in [0.1, 0.15) is 6.92 Å². The fourth-order valence-corrected chi connectivity index (χ4v) is 1.89. The number of nitrogens with one attached hydrogen (secondary N) is 2. The minimum Gasteiger partial charge on any atom is -0.359 e. The number of aromatic nitrogens is 4. The fourth-order valence-electron chi connectivity index (χ4n) is 1.82. The van der Waals surface area contributed by atoms with Crippen LogP contribution in [0.2, 0.25) is 0 Å². The summed E-state index contributed by atoms with van der Waals surface area (Å²) in [7, 11) is 3.25. The Morgan fingerprint density at radius 2 is 2.21 bits per heavy atom. The number of anilines is 1. The third-order valence-electron chi connectivity index (χ3n) is 2.79. The fraction of sp³-hybridized carbons (Fsp3) is 0.364. The smallest absolute Gasteiger partial charge is 0.329 e. The molecule has 0 bridgehead atoms. The van der Waals surface area contributed by atoms with Crippen LogP contribution in [-0.4, -0.2) is 26.1 Å². The Balaban J connectivity index is 2.81. The standard InChI is InChI=1S/C11H14ClN5O2/c1-6(12)4-5-17-7-8(14-10(17)13-2)16(3)11(19)15-9(7)18/h4H,5H2,1-3H3,(H,13,14)(H,15,18,19)/b6-4-. The van der Waals surface area contributed by atoms with Crippen molar-refractivity contribution in [1.29, 1.82) is 0 Å². The number of H-pyrrole nitrogens is 1. The summed E-state index contributed by atoms with van der Waals surface area (Å²) in [6.45, 7) is 2.14. The summed E-state index contributed by atoms with van der Waals surface area (Å²) in [4.78, 5) is 30.0. The van der Waals surface area contributed by atoms with Crippen LogP contribution in [-0.2, 0) is 13.6 Å². The first kappa shape index (κ1) is 13.4. The van der Waals surface area contributed by atoms with Gasteiger partial charge in [0.15, 0.2) is 11.2 Å². The molecular formula is C11H14ClN5O2. The monoisotopic (exact) mass is 283 g/mol. The molecular weight excluding hydrogens is 270 g/mol. The average molecular weight is 284 g/mol. The Labute approximate surface area is 113 Å². The van der Waals surface area contributed by atoms with Crippen LogP contribution in [0.25, 0.3) is 11.2 Å². The predicted molar refractivity (Wildman–Crippen MR) is 74.8 cm³/mol. The molecule has 0 aliphatic carbocycles. The predicted octanol–water partition coefficient (Wildman–Crippen LogP) is 0.608. The normalized spacial score (nSPS) is 12.1. The second kappa shape index (κ2) is 4.93. The quantitative estimate of drug-likeness (QED) is 0.864. The molecule has 2 aromatic heterocycles. The average Bonchev–Trinajstić information content (AvgIpc) is 2.72. The largest absolute Gasteiger partial charge is 0.359 e. The summed E-state index contributed by atoms with van der Waals surface area (Å²) in [6, 6.07) is 0.